The van der Waals surface area contributed by atoms with Gasteiger partial charge in [-0.2, -0.15) is 0 Å². The number of hydrogen-bond donors (Lipinski definition) is 1. The molecule has 0 radical (unpaired) electrons. The van der Waals surface area contributed by atoms with Crippen molar-refractivity contribution in [1.29, 1.82) is 0 Å². The third-order valence-corrected chi connectivity index (χ3v) is 4.04. The Labute approximate surface area is 123 Å². The number of aromatic nitrogens is 5. The molecule has 0 aromatic carbocycles. The lowest BCUT2D eigenvalue weighted by Crippen LogP contribution is -2.38. The highest BCUT2D eigenvalue weighted by Crippen LogP contribution is 2.29. The van der Waals surface area contributed by atoms with Crippen LogP contribution < -0.4 is 4.90 Å². The number of nitrogens with zero attached hydrogens (tertiary/aromatic N) is 6. The molecule has 1 atom stereocenters. The molecule has 21 heavy (non-hydrogen) atoms. The molecule has 2 aromatic heterocycles. The van der Waals surface area contributed by atoms with E-state index in [9.17, 15) is 5.11 Å². The second-order valence-corrected chi connectivity index (χ2v) is 5.80. The minimum Gasteiger partial charge on any atom is -0.386 e. The van der Waals surface area contributed by atoms with Crippen LogP contribution in [0.3, 0.4) is 0 Å². The second-order valence-electron chi connectivity index (χ2n) is 5.80. The van der Waals surface area contributed by atoms with Crippen molar-refractivity contribution in [1.82, 2.24) is 25.0 Å². The molecule has 1 aliphatic rings. The fourth-order valence-corrected chi connectivity index (χ4v) is 2.84. The molecule has 1 fully saturated rings. The quantitative estimate of drug-likeness (QED) is 0.892. The van der Waals surface area contributed by atoms with Crippen LogP contribution in [0.4, 0.5) is 5.82 Å². The van der Waals surface area contributed by atoms with E-state index in [1.54, 1.807) is 17.1 Å². The van der Waals surface area contributed by atoms with E-state index in [0.29, 0.717) is 19.5 Å². The molecule has 1 unspecified atom stereocenters. The average molecular weight is 288 g/mol. The molecule has 112 valence electrons. The van der Waals surface area contributed by atoms with Crippen molar-refractivity contribution in [3.05, 3.63) is 29.5 Å². The summed E-state index contributed by atoms with van der Waals surface area (Å²) in [5.41, 5.74) is 1.27. The van der Waals surface area contributed by atoms with Crippen molar-refractivity contribution in [2.75, 3.05) is 18.0 Å². The third kappa shape index (κ3) is 2.73. The maximum atomic E-state index is 10.8. The van der Waals surface area contributed by atoms with Gasteiger partial charge in [-0.1, -0.05) is 5.21 Å². The normalized spacial score (nSPS) is 22.0. The molecule has 1 aliphatic heterocycles. The van der Waals surface area contributed by atoms with E-state index in [1.165, 1.54) is 0 Å². The summed E-state index contributed by atoms with van der Waals surface area (Å²) in [5.74, 6) is 1.69. The van der Waals surface area contributed by atoms with Gasteiger partial charge in [-0.3, -0.25) is 0 Å². The molecule has 1 saturated heterocycles. The molecule has 0 bridgehead atoms. The smallest absolute Gasteiger partial charge is 0.135 e. The SMILES string of the molecule is Cc1nc(C)c(C)c(N2CCC(O)(Cn3ccnn3)C2)n1. The molecule has 1 N–H and O–H groups in total. The first-order chi connectivity index (χ1) is 9.97. The van der Waals surface area contributed by atoms with Gasteiger partial charge in [-0.15, -0.1) is 5.10 Å². The Bertz CT molecular complexity index is 641. The Morgan fingerprint density at radius 3 is 2.81 bits per heavy atom. The Kier molecular flexibility index (Phi) is 3.36. The maximum Gasteiger partial charge on any atom is 0.135 e. The van der Waals surface area contributed by atoms with Crippen LogP contribution >= 0.6 is 0 Å². The van der Waals surface area contributed by atoms with Crippen LogP contribution in [0.25, 0.3) is 0 Å². The number of anilines is 1. The summed E-state index contributed by atoms with van der Waals surface area (Å²) in [6.07, 6.45) is 4.08. The molecule has 0 aliphatic carbocycles. The molecule has 3 heterocycles. The number of hydrogen-bond acceptors (Lipinski definition) is 6. The van der Waals surface area contributed by atoms with Gasteiger partial charge < -0.3 is 10.0 Å². The molecular weight excluding hydrogens is 268 g/mol. The molecule has 0 amide bonds. The molecule has 7 nitrogen and oxygen atoms in total. The van der Waals surface area contributed by atoms with Crippen molar-refractivity contribution in [2.45, 2.75) is 39.3 Å². The van der Waals surface area contributed by atoms with E-state index < -0.39 is 5.60 Å². The number of β-amino-alcohol motifs (C(OH)–C–C–N with tert-alkyl or cyclic N) is 1. The van der Waals surface area contributed by atoms with Gasteiger partial charge in [0, 0.05) is 24.0 Å². The van der Waals surface area contributed by atoms with Crippen LogP contribution in [-0.2, 0) is 6.54 Å². The number of aliphatic hydroxyl groups is 1. The van der Waals surface area contributed by atoms with Crippen LogP contribution in [0, 0.1) is 20.8 Å². The first-order valence-corrected chi connectivity index (χ1v) is 7.10. The Morgan fingerprint density at radius 2 is 2.10 bits per heavy atom. The number of aryl methyl sites for hydroxylation is 2. The minimum atomic E-state index is -0.799. The standard InChI is InChI=1S/C14H20N6O/c1-10-11(2)16-12(3)17-13(10)19-6-4-14(21,8-19)9-20-7-5-15-18-20/h5,7,21H,4,6,8-9H2,1-3H3. The van der Waals surface area contributed by atoms with Gasteiger partial charge in [0.25, 0.3) is 0 Å². The highest BCUT2D eigenvalue weighted by Gasteiger charge is 2.38. The lowest BCUT2D eigenvalue weighted by Gasteiger charge is -2.25. The van der Waals surface area contributed by atoms with Gasteiger partial charge in [0.2, 0.25) is 0 Å². The Hall–Kier alpha value is -2.02. The van der Waals surface area contributed by atoms with Gasteiger partial charge in [0.05, 0.1) is 19.3 Å². The zero-order valence-electron chi connectivity index (χ0n) is 12.6. The van der Waals surface area contributed by atoms with Gasteiger partial charge in [-0.05, 0) is 27.2 Å². The molecule has 0 spiro atoms. The highest BCUT2D eigenvalue weighted by atomic mass is 16.3. The predicted molar refractivity (Wildman–Crippen MR) is 78.0 cm³/mol. The first kappa shape index (κ1) is 13.9. The summed E-state index contributed by atoms with van der Waals surface area (Å²) in [4.78, 5) is 11.1. The molecule has 0 saturated carbocycles. The fourth-order valence-electron chi connectivity index (χ4n) is 2.84. The molecule has 2 aromatic rings. The van der Waals surface area contributed by atoms with Gasteiger partial charge in [0.1, 0.15) is 17.2 Å². The summed E-state index contributed by atoms with van der Waals surface area (Å²) in [6, 6.07) is 0. The molecular formula is C14H20N6O. The fraction of sp³-hybridized carbons (Fsp3) is 0.571. The van der Waals surface area contributed by atoms with Crippen LogP contribution in [0.15, 0.2) is 12.4 Å². The van der Waals surface area contributed by atoms with Crippen LogP contribution in [0.5, 0.6) is 0 Å². The van der Waals surface area contributed by atoms with Crippen molar-refractivity contribution in [3.8, 4) is 0 Å². The van der Waals surface area contributed by atoms with Crippen LogP contribution in [-0.4, -0.2) is 48.8 Å². The van der Waals surface area contributed by atoms with Crippen molar-refractivity contribution >= 4 is 5.82 Å². The van der Waals surface area contributed by atoms with Gasteiger partial charge >= 0.3 is 0 Å². The van der Waals surface area contributed by atoms with Crippen molar-refractivity contribution in [2.24, 2.45) is 0 Å². The number of rotatable bonds is 3. The summed E-state index contributed by atoms with van der Waals surface area (Å²) < 4.78 is 1.67. The second kappa shape index (κ2) is 5.07. The highest BCUT2D eigenvalue weighted by molar-refractivity contribution is 5.49. The van der Waals surface area contributed by atoms with E-state index in [2.05, 4.69) is 25.2 Å². The van der Waals surface area contributed by atoms with Crippen LogP contribution in [0.1, 0.15) is 23.5 Å². The topological polar surface area (TPSA) is 80.0 Å². The van der Waals surface area contributed by atoms with E-state index >= 15 is 0 Å². The maximum absolute atomic E-state index is 10.8. The van der Waals surface area contributed by atoms with Crippen molar-refractivity contribution < 1.29 is 5.11 Å². The third-order valence-electron chi connectivity index (χ3n) is 4.04. The summed E-state index contributed by atoms with van der Waals surface area (Å²) in [5, 5.41) is 18.5. The summed E-state index contributed by atoms with van der Waals surface area (Å²) in [7, 11) is 0. The Balaban J connectivity index is 1.81. The Morgan fingerprint density at radius 1 is 1.29 bits per heavy atom. The lowest BCUT2D eigenvalue weighted by atomic mass is 10.0. The first-order valence-electron chi connectivity index (χ1n) is 7.10. The average Bonchev–Trinajstić information content (AvgIpc) is 3.04. The predicted octanol–water partition coefficient (Wildman–Crippen LogP) is 0.635. The summed E-state index contributed by atoms with van der Waals surface area (Å²) in [6.45, 7) is 7.69. The monoisotopic (exact) mass is 288 g/mol. The van der Waals surface area contributed by atoms with E-state index in [4.69, 9.17) is 0 Å². The zero-order valence-corrected chi connectivity index (χ0v) is 12.6. The van der Waals surface area contributed by atoms with E-state index in [1.807, 2.05) is 20.8 Å². The van der Waals surface area contributed by atoms with E-state index in [0.717, 1.165) is 29.4 Å². The van der Waals surface area contributed by atoms with Gasteiger partial charge in [0.15, 0.2) is 0 Å². The summed E-state index contributed by atoms with van der Waals surface area (Å²) >= 11 is 0. The molecule has 3 rings (SSSR count). The van der Waals surface area contributed by atoms with Gasteiger partial charge in [-0.25, -0.2) is 14.6 Å². The van der Waals surface area contributed by atoms with E-state index in [-0.39, 0.29) is 0 Å². The minimum absolute atomic E-state index is 0.450. The van der Waals surface area contributed by atoms with Crippen LogP contribution in [0.2, 0.25) is 0 Å². The zero-order chi connectivity index (χ0) is 15.0. The molecule has 7 heteroatoms. The lowest BCUT2D eigenvalue weighted by molar-refractivity contribution is 0.0408. The largest absolute Gasteiger partial charge is 0.386 e. The van der Waals surface area contributed by atoms with Crippen molar-refractivity contribution in [3.63, 3.8) is 0 Å².